The summed E-state index contributed by atoms with van der Waals surface area (Å²) in [5.41, 5.74) is -4.63. The van der Waals surface area contributed by atoms with E-state index in [0.717, 1.165) is 20.7 Å². The van der Waals surface area contributed by atoms with Gasteiger partial charge in [0.2, 0.25) is 0 Å². The predicted molar refractivity (Wildman–Crippen MR) is 372 cm³/mol. The molecule has 5 fully saturated rings. The molecule has 0 radical (unpaired) electrons. The van der Waals surface area contributed by atoms with Gasteiger partial charge in [-0.2, -0.15) is 0 Å². The molecule has 0 N–H and O–H groups in total. The van der Waals surface area contributed by atoms with E-state index in [4.69, 9.17) is 65.8 Å². The van der Waals surface area contributed by atoms with Crippen LogP contribution in [0.4, 0.5) is 0 Å². The summed E-state index contributed by atoms with van der Waals surface area (Å²) in [7, 11) is -51.9. The number of hydrogen-bond acceptors (Lipinski definition) is 16. The maximum atomic E-state index is 8.47. The minimum absolute atomic E-state index is 0.204. The normalized spacial score (nSPS) is 37.7. The molecule has 0 amide bonds. The molecule has 0 saturated carbocycles. The Kier molecular flexibility index (Phi) is 20.8. The third kappa shape index (κ3) is 12.0. The van der Waals surface area contributed by atoms with Crippen molar-refractivity contribution in [3.8, 4) is 0 Å². The molecule has 0 aliphatic carbocycles. The lowest BCUT2D eigenvalue weighted by molar-refractivity contribution is -0.00561. The maximum Gasteiger partial charge on any atom is 0.481 e. The first-order chi connectivity index (χ1) is 41.1. The van der Waals surface area contributed by atoms with Gasteiger partial charge in [-0.25, -0.2) is 0 Å². The van der Waals surface area contributed by atoms with Gasteiger partial charge in [0, 0.05) is 66.5 Å². The van der Waals surface area contributed by atoms with Crippen LogP contribution in [0, 0.1) is 0 Å². The summed E-state index contributed by atoms with van der Waals surface area (Å²) >= 11 is 0. The van der Waals surface area contributed by atoms with Crippen LogP contribution in [0.25, 0.3) is 0 Å². The smallest absolute Gasteiger partial charge is 0.408 e. The first-order valence-corrected chi connectivity index (χ1v) is 54.5. The summed E-state index contributed by atoms with van der Waals surface area (Å²) in [6.07, 6.45) is 0. The molecule has 11 unspecified atom stereocenters. The van der Waals surface area contributed by atoms with Gasteiger partial charge in [0.05, 0.1) is 0 Å². The minimum atomic E-state index is -4.62. The van der Waals surface area contributed by atoms with Gasteiger partial charge in [-0.05, 0) is 20.7 Å². The van der Waals surface area contributed by atoms with Gasteiger partial charge in [0.25, 0.3) is 0 Å². The fraction of sp³-hybridized carbons (Fsp3) is 0.600. The first-order valence-electron chi connectivity index (χ1n) is 32.5. The van der Waals surface area contributed by atoms with Crippen molar-refractivity contribution in [3.05, 3.63) is 121 Å². The maximum absolute atomic E-state index is 8.47. The highest BCUT2D eigenvalue weighted by Crippen LogP contribution is 2.59. The summed E-state index contributed by atoms with van der Waals surface area (Å²) in [6, 6.07) is 41.6. The number of fused-ring (bicyclic) bond motifs is 8. The molecular formula is C60H104O16Si12. The Labute approximate surface area is 541 Å². The first kappa shape index (κ1) is 71.1. The summed E-state index contributed by atoms with van der Waals surface area (Å²) in [4.78, 5) is 0. The van der Waals surface area contributed by atoms with Crippen molar-refractivity contribution in [1.29, 1.82) is 0 Å². The van der Waals surface area contributed by atoms with Crippen LogP contribution in [-0.4, -0.2) is 105 Å². The second kappa shape index (κ2) is 25.8. The van der Waals surface area contributed by atoms with E-state index in [9.17, 15) is 0 Å². The van der Waals surface area contributed by atoms with Crippen molar-refractivity contribution < 1.29 is 65.8 Å². The van der Waals surface area contributed by atoms with Gasteiger partial charge < -0.3 is 65.8 Å². The minimum Gasteiger partial charge on any atom is -0.408 e. The topological polar surface area (TPSA) is 148 Å². The average Bonchev–Trinajstić information content (AvgIpc) is 0.755. The average molecular weight is 1420 g/mol. The highest BCUT2D eigenvalue weighted by atomic mass is 28.6. The molecule has 8 bridgehead atoms. The molecule has 88 heavy (non-hydrogen) atoms. The predicted octanol–water partition coefficient (Wildman–Crippen LogP) is 14.1. The molecule has 5 saturated heterocycles. The van der Waals surface area contributed by atoms with Gasteiger partial charge >= 0.3 is 105 Å². The number of rotatable bonds is 16. The zero-order valence-corrected chi connectivity index (χ0v) is 69.0. The van der Waals surface area contributed by atoms with Crippen LogP contribution in [-0.2, 0) is 65.8 Å². The van der Waals surface area contributed by atoms with Crippen molar-refractivity contribution in [2.45, 2.75) is 233 Å². The largest absolute Gasteiger partial charge is 0.481 e. The van der Waals surface area contributed by atoms with E-state index in [2.05, 4.69) is 263 Å². The van der Waals surface area contributed by atoms with E-state index in [1.54, 1.807) is 0 Å². The van der Waals surface area contributed by atoms with Crippen LogP contribution >= 0.6 is 0 Å². The third-order valence-corrected chi connectivity index (χ3v) is 77.0. The van der Waals surface area contributed by atoms with Crippen LogP contribution < -0.4 is 20.7 Å². The lowest BCUT2D eigenvalue weighted by Crippen LogP contribution is -2.88. The second-order valence-electron chi connectivity index (χ2n) is 28.5. The van der Waals surface area contributed by atoms with Gasteiger partial charge in [0.15, 0.2) is 0 Å². The molecule has 488 valence electrons. The Morgan fingerprint density at radius 3 is 0.398 bits per heavy atom. The van der Waals surface area contributed by atoms with Crippen molar-refractivity contribution in [2.75, 3.05) is 0 Å². The Bertz CT molecular complexity index is 2620. The fourth-order valence-electron chi connectivity index (χ4n) is 12.1. The molecule has 28 heteroatoms. The lowest BCUT2D eigenvalue weighted by atomic mass is 10.4. The lowest BCUT2D eigenvalue weighted by Gasteiger charge is -2.64. The summed E-state index contributed by atoms with van der Waals surface area (Å²) in [5.74, 6) is 0. The van der Waals surface area contributed by atoms with Crippen molar-refractivity contribution >= 4 is 125 Å². The highest BCUT2D eigenvalue weighted by Gasteiger charge is 2.84. The molecule has 5 aliphatic heterocycles. The Morgan fingerprint density at radius 2 is 0.284 bits per heavy atom. The van der Waals surface area contributed by atoms with Gasteiger partial charge in [-0.1, -0.05) is 287 Å². The quantitative estimate of drug-likeness (QED) is 0.0979. The highest BCUT2D eigenvalue weighted by molar-refractivity contribution is 7.07. The Balaban J connectivity index is 1.44. The summed E-state index contributed by atoms with van der Waals surface area (Å²) in [5, 5.41) is 3.73. The fourth-order valence-corrected chi connectivity index (χ4v) is 92.8. The molecule has 4 aromatic rings. The van der Waals surface area contributed by atoms with E-state index in [-0.39, 0.29) is 22.2 Å². The van der Waals surface area contributed by atoms with E-state index in [0.29, 0.717) is 0 Å². The van der Waals surface area contributed by atoms with Crippen LogP contribution in [0.3, 0.4) is 0 Å². The van der Waals surface area contributed by atoms with Crippen molar-refractivity contribution in [2.24, 2.45) is 0 Å². The van der Waals surface area contributed by atoms with Crippen LogP contribution in [0.15, 0.2) is 121 Å². The zero-order valence-electron chi connectivity index (χ0n) is 57.0. The summed E-state index contributed by atoms with van der Waals surface area (Å²) in [6.45, 7) is 51.2. The number of hydrogen-bond donors (Lipinski definition) is 0. The molecule has 16 nitrogen and oxygen atoms in total. The van der Waals surface area contributed by atoms with Crippen molar-refractivity contribution in [1.82, 2.24) is 0 Å². The van der Waals surface area contributed by atoms with Gasteiger partial charge in [-0.15, -0.1) is 0 Å². The van der Waals surface area contributed by atoms with Crippen LogP contribution in [0.2, 0.25) is 66.5 Å². The molecule has 0 aromatic heterocycles. The van der Waals surface area contributed by atoms with Gasteiger partial charge in [-0.3, -0.25) is 0 Å². The van der Waals surface area contributed by atoms with E-state index < -0.39 is 149 Å². The molecule has 5 heterocycles. The number of benzene rings is 4. The van der Waals surface area contributed by atoms with E-state index >= 15 is 0 Å². The third-order valence-electron chi connectivity index (χ3n) is 18.0. The van der Waals surface area contributed by atoms with Crippen molar-refractivity contribution in [3.63, 3.8) is 0 Å². The van der Waals surface area contributed by atoms with E-state index in [1.807, 2.05) is 24.3 Å². The standard InChI is InChI=1S/C60H104O16Si12/c1-45(2)77(57-37-29-25-30-38-57)61-78(46(3)4,58-39-31-26-32-40-58)64-82(50(11)12)67-81(63-77,49(9)10)69-85(53(17)18)73-86(70-82,54(19)20)76-88(56(23)24)72-84(52(15)16)66-80(48(7)8,60-43-35-28-36-44-60)62-79(47(5)6,59-41-33-27-34-42-59)65-83(68-84,51(13)14)71-87(74-88,75-85)55(21)22/h25-56H,1-24H3/t77?,78?,79?,80?,81-,82?,83?,84?,85?,86?,87?,88?/m0/s1. The monoisotopic (exact) mass is 1420 g/mol. The molecule has 12 atom stereocenters. The molecule has 9 rings (SSSR count). The van der Waals surface area contributed by atoms with Crippen LogP contribution in [0.1, 0.15) is 166 Å². The molecule has 5 aliphatic rings. The second-order valence-corrected chi connectivity index (χ2v) is 72.7. The Morgan fingerprint density at radius 1 is 0.159 bits per heavy atom. The van der Waals surface area contributed by atoms with Gasteiger partial charge in [0.1, 0.15) is 0 Å². The Hall–Kier alpha value is -1.16. The molecule has 4 aromatic carbocycles. The van der Waals surface area contributed by atoms with Crippen LogP contribution in [0.5, 0.6) is 0 Å². The zero-order chi connectivity index (χ0) is 64.7. The van der Waals surface area contributed by atoms with E-state index in [1.165, 1.54) is 0 Å². The molecule has 0 spiro atoms. The SMILES string of the molecule is CC(C)[Si]12O[Si](C(C)C)(O[Si]3(C(C)C)O[Si](C(C)C)(O1)O[Si](c1ccccc1)(C(C)C)O[Si](c1ccccc1)(C(C)C)O3)O[Si]1(C(C)C)O[Si](C(C)C)(O2)O[Si]2(C(C)C)O[Si](c3ccccc3)(C(C)C)O[Si](c3ccccc3)(C(C)C)O[Si@](C(C)C)(O1)O2. The summed E-state index contributed by atoms with van der Waals surface area (Å²) < 4.78 is 135. The molecular weight excluding hydrogens is 1310 g/mol.